The molecule has 0 fully saturated rings. The number of aryl methyl sites for hydroxylation is 3. The van der Waals surface area contributed by atoms with Gasteiger partial charge in [-0.3, -0.25) is 14.6 Å². The van der Waals surface area contributed by atoms with Crippen molar-refractivity contribution >= 4 is 51.2 Å². The Kier molecular flexibility index (Phi) is 9.96. The number of carboxylic acid groups (broad SMARTS) is 1. The minimum Gasteiger partial charge on any atom is -0.481 e. The smallest absolute Gasteiger partial charge is 0.303 e. The number of nitrogens with zero attached hydrogens (tertiary/aromatic N) is 3. The number of fused-ring (bicyclic) bond motifs is 8. The number of carbonyl (C=O) groups is 2. The van der Waals surface area contributed by atoms with Crippen LogP contribution >= 0.6 is 0 Å². The summed E-state index contributed by atoms with van der Waals surface area (Å²) in [6.07, 6.45) is 5.10. The molecule has 1 amide bonds. The lowest BCUT2D eigenvalue weighted by Gasteiger charge is -2.14. The second-order valence-electron chi connectivity index (χ2n) is 12.9. The maximum absolute atomic E-state index is 12.8. The number of carbonyl (C=O) groups excluding carboxylic acids is 1. The highest BCUT2D eigenvalue weighted by atomic mass is 16.4. The molecule has 8 bridgehead atoms. The molecule has 0 spiro atoms. The molecule has 2 unspecified atom stereocenters. The molecule has 246 valence electrons. The van der Waals surface area contributed by atoms with E-state index in [4.69, 9.17) is 9.97 Å². The van der Waals surface area contributed by atoms with E-state index in [0.717, 1.165) is 84.8 Å². The predicted octanol–water partition coefficient (Wildman–Crippen LogP) is 7.05. The van der Waals surface area contributed by atoms with Crippen molar-refractivity contribution in [1.29, 1.82) is 0 Å². The summed E-state index contributed by atoms with van der Waals surface area (Å²) in [6, 6.07) is 8.24. The summed E-state index contributed by atoms with van der Waals surface area (Å²) < 4.78 is 0. The van der Waals surface area contributed by atoms with Crippen LogP contribution in [-0.2, 0) is 16.0 Å². The Hall–Kier alpha value is -4.76. The van der Waals surface area contributed by atoms with Gasteiger partial charge in [-0.2, -0.15) is 0 Å². The summed E-state index contributed by atoms with van der Waals surface area (Å²) in [5, 5.41) is 12.6. The van der Waals surface area contributed by atoms with Gasteiger partial charge in [-0.25, -0.2) is 4.98 Å². The number of carboxylic acids is 1. The summed E-state index contributed by atoms with van der Waals surface area (Å²) in [7, 11) is 3.96. The standard InChI is InChI=1S/C38H46N6O3/c1-9-25-21(3)29-17-30-24(6)28(12-14-38(46)47)36(42-30)20-35-27(11-13-37(45)39-15-16-44(7)8)23(5)32(43-35)19-34-26(10-2)22(4)31(41-34)18-33(25)40-29/h9-10,17-20,24,28,40,43H,1-2,11-16H2,3-8H3,(H,39,45)(H,46,47). The van der Waals surface area contributed by atoms with Crippen LogP contribution in [0.25, 0.3) is 39.3 Å². The average Bonchev–Trinajstić information content (AvgIpc) is 3.67. The van der Waals surface area contributed by atoms with Crippen LogP contribution in [0.2, 0.25) is 0 Å². The molecule has 2 aliphatic heterocycles. The van der Waals surface area contributed by atoms with E-state index in [2.05, 4.69) is 74.3 Å². The molecule has 0 aliphatic carbocycles. The Bertz CT molecular complexity index is 1940. The fourth-order valence-corrected chi connectivity index (χ4v) is 6.65. The number of hydrogen-bond acceptors (Lipinski definition) is 5. The van der Waals surface area contributed by atoms with Crippen LogP contribution in [0.1, 0.15) is 90.0 Å². The lowest BCUT2D eigenvalue weighted by molar-refractivity contribution is -0.137. The van der Waals surface area contributed by atoms with Gasteiger partial charge in [0.05, 0.1) is 11.4 Å². The van der Waals surface area contributed by atoms with Crippen molar-refractivity contribution in [2.45, 2.75) is 65.2 Å². The molecule has 0 saturated carbocycles. The van der Waals surface area contributed by atoms with Crippen LogP contribution in [0.3, 0.4) is 0 Å². The van der Waals surface area contributed by atoms with E-state index in [0.29, 0.717) is 25.8 Å². The quantitative estimate of drug-likeness (QED) is 0.179. The molecular formula is C38H46N6O3. The van der Waals surface area contributed by atoms with Gasteiger partial charge in [0.25, 0.3) is 0 Å². The second kappa shape index (κ2) is 13.9. The third kappa shape index (κ3) is 7.00. The molecule has 9 nitrogen and oxygen atoms in total. The lowest BCUT2D eigenvalue weighted by Crippen LogP contribution is -2.31. The van der Waals surface area contributed by atoms with E-state index >= 15 is 0 Å². The Labute approximate surface area is 276 Å². The van der Waals surface area contributed by atoms with Crippen LogP contribution in [-0.4, -0.2) is 69.0 Å². The fourth-order valence-electron chi connectivity index (χ4n) is 6.65. The predicted molar refractivity (Wildman–Crippen MR) is 191 cm³/mol. The Morgan fingerprint density at radius 1 is 0.915 bits per heavy atom. The van der Waals surface area contributed by atoms with Gasteiger partial charge in [-0.15, -0.1) is 0 Å². The fraction of sp³-hybridized carbons (Fsp3) is 0.368. The Balaban J connectivity index is 1.78. The molecule has 0 aromatic carbocycles. The molecule has 5 rings (SSSR count). The second-order valence-corrected chi connectivity index (χ2v) is 12.9. The van der Waals surface area contributed by atoms with Gasteiger partial charge in [0.2, 0.25) is 5.91 Å². The molecule has 4 N–H and O–H groups in total. The minimum atomic E-state index is -0.827. The molecule has 0 saturated heterocycles. The molecule has 3 aromatic rings. The summed E-state index contributed by atoms with van der Waals surface area (Å²) in [4.78, 5) is 43.9. The Morgan fingerprint density at radius 3 is 2.28 bits per heavy atom. The lowest BCUT2D eigenvalue weighted by atomic mass is 9.87. The van der Waals surface area contributed by atoms with Crippen molar-refractivity contribution in [3.8, 4) is 0 Å². The van der Waals surface area contributed by atoms with Crippen LogP contribution in [0, 0.1) is 13.8 Å². The third-order valence-electron chi connectivity index (χ3n) is 9.54. The zero-order chi connectivity index (χ0) is 34.0. The van der Waals surface area contributed by atoms with Gasteiger partial charge >= 0.3 is 5.97 Å². The average molecular weight is 635 g/mol. The highest BCUT2D eigenvalue weighted by Crippen LogP contribution is 2.40. The highest BCUT2D eigenvalue weighted by molar-refractivity contribution is 5.97. The number of rotatable bonds is 11. The van der Waals surface area contributed by atoms with Gasteiger partial charge in [0.15, 0.2) is 0 Å². The van der Waals surface area contributed by atoms with E-state index in [1.54, 1.807) is 0 Å². The van der Waals surface area contributed by atoms with E-state index in [9.17, 15) is 14.7 Å². The molecule has 5 heterocycles. The van der Waals surface area contributed by atoms with Crippen LogP contribution in [0.4, 0.5) is 0 Å². The molecule has 2 atom stereocenters. The van der Waals surface area contributed by atoms with E-state index in [1.807, 2.05) is 37.2 Å². The minimum absolute atomic E-state index is 0.000508. The van der Waals surface area contributed by atoms with Crippen LogP contribution in [0.15, 0.2) is 43.5 Å². The van der Waals surface area contributed by atoms with Gasteiger partial charge in [0, 0.05) is 82.4 Å². The maximum atomic E-state index is 12.8. The van der Waals surface area contributed by atoms with Gasteiger partial charge < -0.3 is 25.3 Å². The zero-order valence-electron chi connectivity index (χ0n) is 28.4. The van der Waals surface area contributed by atoms with Crippen LogP contribution in [0.5, 0.6) is 0 Å². The van der Waals surface area contributed by atoms with Gasteiger partial charge in [-0.05, 0) is 94.2 Å². The largest absolute Gasteiger partial charge is 0.481 e. The number of H-pyrrole nitrogens is 2. The summed E-state index contributed by atoms with van der Waals surface area (Å²) in [5.74, 6) is -0.907. The number of hydrogen-bond donors (Lipinski definition) is 4. The Morgan fingerprint density at radius 2 is 1.60 bits per heavy atom. The number of allylic oxidation sites excluding steroid dienone is 3. The number of aliphatic carboxylic acids is 1. The van der Waals surface area contributed by atoms with Gasteiger partial charge in [0.1, 0.15) is 0 Å². The first kappa shape index (κ1) is 33.6. The van der Waals surface area contributed by atoms with Crippen molar-refractivity contribution in [2.75, 3.05) is 27.2 Å². The number of likely N-dealkylation sites (N-methyl/N-ethyl adjacent to an activating group) is 1. The molecule has 2 aliphatic rings. The van der Waals surface area contributed by atoms with E-state index in [1.165, 1.54) is 0 Å². The van der Waals surface area contributed by atoms with E-state index in [-0.39, 0.29) is 24.2 Å². The zero-order valence-corrected chi connectivity index (χ0v) is 28.4. The summed E-state index contributed by atoms with van der Waals surface area (Å²) >= 11 is 0. The molecule has 0 radical (unpaired) electrons. The first-order chi connectivity index (χ1) is 22.4. The first-order valence-electron chi connectivity index (χ1n) is 16.3. The summed E-state index contributed by atoms with van der Waals surface area (Å²) in [6.45, 7) is 17.8. The van der Waals surface area contributed by atoms with Crippen molar-refractivity contribution < 1.29 is 14.7 Å². The van der Waals surface area contributed by atoms with Crippen molar-refractivity contribution in [1.82, 2.24) is 30.2 Å². The van der Waals surface area contributed by atoms with Crippen molar-refractivity contribution in [3.63, 3.8) is 0 Å². The molecule has 47 heavy (non-hydrogen) atoms. The first-order valence-corrected chi connectivity index (χ1v) is 16.3. The van der Waals surface area contributed by atoms with Gasteiger partial charge in [-0.1, -0.05) is 32.2 Å². The topological polar surface area (TPSA) is 127 Å². The third-order valence-corrected chi connectivity index (χ3v) is 9.54. The van der Waals surface area contributed by atoms with Crippen molar-refractivity contribution in [2.24, 2.45) is 0 Å². The van der Waals surface area contributed by atoms with Crippen LogP contribution < -0.4 is 5.32 Å². The van der Waals surface area contributed by atoms with E-state index < -0.39 is 5.97 Å². The van der Waals surface area contributed by atoms with Crippen molar-refractivity contribution in [3.05, 3.63) is 88.5 Å². The highest BCUT2D eigenvalue weighted by Gasteiger charge is 2.29. The molecule has 9 heteroatoms. The number of nitrogens with one attached hydrogen (secondary N) is 3. The SMILES string of the molecule is C=CC1=C(C)c2cc3[nH]c(cc4nc(cc5[nH]c(cc1n2)c(C)c5CCC(=O)NCCN(C)C)C(CCC(=O)O)C4C)c(C)c3C=C. The summed E-state index contributed by atoms with van der Waals surface area (Å²) in [5.41, 5.74) is 13.1. The monoisotopic (exact) mass is 634 g/mol. The number of aromatic amines is 2. The number of aromatic nitrogens is 4. The maximum Gasteiger partial charge on any atom is 0.303 e. The normalized spacial score (nSPS) is 16.1. The number of amides is 1. The molecular weight excluding hydrogens is 588 g/mol. The molecule has 3 aromatic heterocycles.